The normalized spacial score (nSPS) is 22.6. The summed E-state index contributed by atoms with van der Waals surface area (Å²) >= 11 is 0. The Hall–Kier alpha value is -1.39. The zero-order valence-electron chi connectivity index (χ0n) is 14.3. The van der Waals surface area contributed by atoms with Crippen LogP contribution < -0.4 is 5.32 Å². The Morgan fingerprint density at radius 3 is 2.65 bits per heavy atom. The van der Waals surface area contributed by atoms with Gasteiger partial charge in [0.05, 0.1) is 12.7 Å². The topological polar surface area (TPSA) is 58.6 Å². The van der Waals surface area contributed by atoms with Gasteiger partial charge in [0.25, 0.3) is 0 Å². The fraction of sp³-hybridized carbons (Fsp3) is 0.632. The largest absolute Gasteiger partial charge is 0.392 e. The van der Waals surface area contributed by atoms with Crippen LogP contribution in [0.25, 0.3) is 0 Å². The lowest BCUT2D eigenvalue weighted by Gasteiger charge is -2.29. The number of hydrogen-bond donors (Lipinski definition) is 2. The number of ether oxygens (including phenoxy) is 1. The third-order valence-electron chi connectivity index (χ3n) is 4.57. The van der Waals surface area contributed by atoms with Gasteiger partial charge in [0.15, 0.2) is 0 Å². The van der Waals surface area contributed by atoms with Crippen LogP contribution in [0.15, 0.2) is 24.3 Å². The monoisotopic (exact) mass is 319 g/mol. The van der Waals surface area contributed by atoms with Crippen LogP contribution in [0.2, 0.25) is 0 Å². The smallest absolute Gasteiger partial charge is 0.248 e. The van der Waals surface area contributed by atoms with Gasteiger partial charge in [-0.1, -0.05) is 44.0 Å². The van der Waals surface area contributed by atoms with E-state index in [1.54, 1.807) is 0 Å². The minimum Gasteiger partial charge on any atom is -0.392 e. The summed E-state index contributed by atoms with van der Waals surface area (Å²) in [5.74, 6) is 0.668. The molecule has 0 heterocycles. The molecule has 23 heavy (non-hydrogen) atoms. The predicted molar refractivity (Wildman–Crippen MR) is 91.0 cm³/mol. The molecule has 4 nitrogen and oxygen atoms in total. The molecule has 0 saturated heterocycles. The number of hydrogen-bond acceptors (Lipinski definition) is 3. The number of carbonyl (C=O) groups is 1. The van der Waals surface area contributed by atoms with Crippen LogP contribution >= 0.6 is 0 Å². The van der Waals surface area contributed by atoms with Crippen molar-refractivity contribution in [2.75, 3.05) is 6.54 Å². The number of rotatable bonds is 7. The van der Waals surface area contributed by atoms with E-state index in [9.17, 15) is 4.79 Å². The van der Waals surface area contributed by atoms with Gasteiger partial charge in [0.1, 0.15) is 6.10 Å². The molecule has 1 saturated carbocycles. The molecule has 1 aromatic rings. The van der Waals surface area contributed by atoms with Crippen molar-refractivity contribution in [2.45, 2.75) is 64.8 Å². The van der Waals surface area contributed by atoms with Crippen molar-refractivity contribution in [2.24, 2.45) is 5.92 Å². The second-order valence-corrected chi connectivity index (χ2v) is 6.69. The van der Waals surface area contributed by atoms with Gasteiger partial charge in [-0.25, -0.2) is 0 Å². The SMILES string of the molecule is CC1CCCC(OC(C)C(=O)NCCc2ccc(CO)cc2)C1. The van der Waals surface area contributed by atoms with Gasteiger partial charge >= 0.3 is 0 Å². The van der Waals surface area contributed by atoms with Gasteiger partial charge in [-0.15, -0.1) is 0 Å². The summed E-state index contributed by atoms with van der Waals surface area (Å²) in [5, 5.41) is 12.0. The highest BCUT2D eigenvalue weighted by Crippen LogP contribution is 2.26. The molecular formula is C19H29NO3. The van der Waals surface area contributed by atoms with E-state index in [0.717, 1.165) is 30.4 Å². The van der Waals surface area contributed by atoms with E-state index in [-0.39, 0.29) is 24.7 Å². The zero-order chi connectivity index (χ0) is 16.7. The summed E-state index contributed by atoms with van der Waals surface area (Å²) in [5.41, 5.74) is 2.05. The van der Waals surface area contributed by atoms with E-state index in [2.05, 4.69) is 12.2 Å². The lowest BCUT2D eigenvalue weighted by Crippen LogP contribution is -2.38. The lowest BCUT2D eigenvalue weighted by atomic mass is 9.88. The molecule has 2 N–H and O–H groups in total. The van der Waals surface area contributed by atoms with Gasteiger partial charge in [-0.2, -0.15) is 0 Å². The average molecular weight is 319 g/mol. The zero-order valence-corrected chi connectivity index (χ0v) is 14.3. The maximum atomic E-state index is 12.1. The molecule has 0 radical (unpaired) electrons. The van der Waals surface area contributed by atoms with Crippen molar-refractivity contribution in [3.05, 3.63) is 35.4 Å². The Morgan fingerprint density at radius 2 is 2.00 bits per heavy atom. The summed E-state index contributed by atoms with van der Waals surface area (Å²) in [7, 11) is 0. The summed E-state index contributed by atoms with van der Waals surface area (Å²) in [6, 6.07) is 7.79. The number of amides is 1. The highest BCUT2D eigenvalue weighted by Gasteiger charge is 2.23. The minimum atomic E-state index is -0.387. The Bertz CT molecular complexity index is 486. The summed E-state index contributed by atoms with van der Waals surface area (Å²) in [6.07, 6.45) is 5.23. The lowest BCUT2D eigenvalue weighted by molar-refractivity contribution is -0.137. The Morgan fingerprint density at radius 1 is 1.30 bits per heavy atom. The third kappa shape index (κ3) is 5.96. The molecule has 1 fully saturated rings. The van der Waals surface area contributed by atoms with Gasteiger partial charge < -0.3 is 15.2 Å². The molecule has 2 rings (SSSR count). The number of carbonyl (C=O) groups excluding carboxylic acids is 1. The predicted octanol–water partition coefficient (Wildman–Crippen LogP) is 2.82. The maximum Gasteiger partial charge on any atom is 0.248 e. The van der Waals surface area contributed by atoms with Crippen molar-refractivity contribution in [1.29, 1.82) is 0 Å². The van der Waals surface area contributed by atoms with E-state index in [4.69, 9.17) is 9.84 Å². The molecule has 3 atom stereocenters. The van der Waals surface area contributed by atoms with Gasteiger partial charge in [0, 0.05) is 6.54 Å². The minimum absolute atomic E-state index is 0.0322. The number of aliphatic hydroxyl groups excluding tert-OH is 1. The van der Waals surface area contributed by atoms with Crippen LogP contribution in [0.1, 0.15) is 50.7 Å². The van der Waals surface area contributed by atoms with Crippen LogP contribution in [-0.4, -0.2) is 29.8 Å². The van der Waals surface area contributed by atoms with E-state index < -0.39 is 0 Å². The second-order valence-electron chi connectivity index (χ2n) is 6.69. The summed E-state index contributed by atoms with van der Waals surface area (Å²) in [4.78, 5) is 12.1. The van der Waals surface area contributed by atoms with Gasteiger partial charge in [-0.05, 0) is 43.2 Å². The fourth-order valence-corrected chi connectivity index (χ4v) is 3.14. The van der Waals surface area contributed by atoms with Crippen molar-refractivity contribution in [3.63, 3.8) is 0 Å². The van der Waals surface area contributed by atoms with E-state index in [1.807, 2.05) is 31.2 Å². The molecule has 0 aliphatic heterocycles. The highest BCUT2D eigenvalue weighted by molar-refractivity contribution is 5.80. The van der Waals surface area contributed by atoms with E-state index in [1.165, 1.54) is 12.8 Å². The first-order valence-corrected chi connectivity index (χ1v) is 8.70. The Balaban J connectivity index is 1.68. The number of nitrogens with one attached hydrogen (secondary N) is 1. The Kier molecular flexibility index (Phi) is 7.06. The summed E-state index contributed by atoms with van der Waals surface area (Å²) in [6.45, 7) is 4.75. The fourth-order valence-electron chi connectivity index (χ4n) is 3.14. The third-order valence-corrected chi connectivity index (χ3v) is 4.57. The molecule has 3 unspecified atom stereocenters. The van der Waals surface area contributed by atoms with Crippen molar-refractivity contribution < 1.29 is 14.6 Å². The van der Waals surface area contributed by atoms with E-state index in [0.29, 0.717) is 12.5 Å². The molecule has 1 aromatic carbocycles. The maximum absolute atomic E-state index is 12.1. The van der Waals surface area contributed by atoms with Crippen LogP contribution in [0, 0.1) is 5.92 Å². The van der Waals surface area contributed by atoms with Crippen molar-refractivity contribution >= 4 is 5.91 Å². The van der Waals surface area contributed by atoms with E-state index >= 15 is 0 Å². The molecular weight excluding hydrogens is 290 g/mol. The van der Waals surface area contributed by atoms with Crippen molar-refractivity contribution in [3.8, 4) is 0 Å². The quantitative estimate of drug-likeness (QED) is 0.812. The van der Waals surface area contributed by atoms with Crippen LogP contribution in [0.5, 0.6) is 0 Å². The second kappa shape index (κ2) is 9.04. The van der Waals surface area contributed by atoms with Crippen LogP contribution in [0.4, 0.5) is 0 Å². The van der Waals surface area contributed by atoms with Gasteiger partial charge in [-0.3, -0.25) is 4.79 Å². The molecule has 0 aromatic heterocycles. The molecule has 0 bridgehead atoms. The van der Waals surface area contributed by atoms with Gasteiger partial charge in [0.2, 0.25) is 5.91 Å². The molecule has 0 spiro atoms. The molecule has 1 aliphatic rings. The van der Waals surface area contributed by atoms with Crippen LogP contribution in [-0.2, 0) is 22.6 Å². The van der Waals surface area contributed by atoms with Crippen molar-refractivity contribution in [1.82, 2.24) is 5.32 Å². The molecule has 128 valence electrons. The molecule has 4 heteroatoms. The first-order valence-electron chi connectivity index (χ1n) is 8.70. The standard InChI is InChI=1S/C19H29NO3/c1-14-4-3-5-18(12-14)23-15(2)19(22)20-11-10-16-6-8-17(13-21)9-7-16/h6-9,14-15,18,21H,3-5,10-13H2,1-2H3,(H,20,22). The average Bonchev–Trinajstić information content (AvgIpc) is 2.55. The number of benzene rings is 1. The molecule has 1 aliphatic carbocycles. The number of aliphatic hydroxyl groups is 1. The first kappa shape index (κ1) is 18.0. The molecule has 1 amide bonds. The van der Waals surface area contributed by atoms with Crippen LogP contribution in [0.3, 0.4) is 0 Å². The highest BCUT2D eigenvalue weighted by atomic mass is 16.5. The summed E-state index contributed by atoms with van der Waals surface area (Å²) < 4.78 is 5.92. The first-order chi connectivity index (χ1) is 11.1. The Labute approximate surface area is 139 Å².